The van der Waals surface area contributed by atoms with Gasteiger partial charge in [0.15, 0.2) is 22.4 Å². The molecule has 0 saturated carbocycles. The maximum Gasteiger partial charge on any atom is 0.251 e. The number of anilines is 1. The second kappa shape index (κ2) is 10.5. The highest BCUT2D eigenvalue weighted by molar-refractivity contribution is 7.99. The van der Waals surface area contributed by atoms with Crippen LogP contribution in [-0.4, -0.2) is 57.7 Å². The van der Waals surface area contributed by atoms with Gasteiger partial charge in [0, 0.05) is 31.0 Å². The SMILES string of the molecule is COCCNc1nc(SC(C)C)nc2c1cnn2CCNC(=O)c1ccc(F)c(F)c1. The first-order chi connectivity index (χ1) is 14.9. The van der Waals surface area contributed by atoms with Crippen molar-refractivity contribution in [2.75, 3.05) is 32.1 Å². The van der Waals surface area contributed by atoms with E-state index in [-0.39, 0.29) is 12.1 Å². The molecule has 0 aliphatic carbocycles. The fourth-order valence-corrected chi connectivity index (χ4v) is 3.49. The number of fused-ring (bicyclic) bond motifs is 1. The second-order valence-corrected chi connectivity index (χ2v) is 8.47. The van der Waals surface area contributed by atoms with Gasteiger partial charge >= 0.3 is 0 Å². The third kappa shape index (κ3) is 5.88. The van der Waals surface area contributed by atoms with Crippen LogP contribution in [0.4, 0.5) is 14.6 Å². The molecule has 0 atom stereocenters. The van der Waals surface area contributed by atoms with Gasteiger partial charge in [-0.1, -0.05) is 25.6 Å². The van der Waals surface area contributed by atoms with Gasteiger partial charge in [-0.15, -0.1) is 0 Å². The van der Waals surface area contributed by atoms with E-state index in [2.05, 4.69) is 39.5 Å². The number of rotatable bonds is 10. The number of methoxy groups -OCH3 is 1. The molecule has 8 nitrogen and oxygen atoms in total. The maximum absolute atomic E-state index is 13.3. The highest BCUT2D eigenvalue weighted by Gasteiger charge is 2.15. The third-order valence-electron chi connectivity index (χ3n) is 4.21. The summed E-state index contributed by atoms with van der Waals surface area (Å²) in [7, 11) is 1.63. The van der Waals surface area contributed by atoms with Crippen LogP contribution in [0, 0.1) is 11.6 Å². The molecule has 0 aliphatic heterocycles. The summed E-state index contributed by atoms with van der Waals surface area (Å²) in [6.07, 6.45) is 1.67. The van der Waals surface area contributed by atoms with Crippen LogP contribution in [0.1, 0.15) is 24.2 Å². The Kier molecular flexibility index (Phi) is 7.75. The average molecular weight is 451 g/mol. The smallest absolute Gasteiger partial charge is 0.251 e. The number of nitrogens with one attached hydrogen (secondary N) is 2. The van der Waals surface area contributed by atoms with E-state index in [4.69, 9.17) is 4.74 Å². The fourth-order valence-electron chi connectivity index (χ4n) is 2.78. The zero-order valence-electron chi connectivity index (χ0n) is 17.5. The van der Waals surface area contributed by atoms with E-state index in [0.29, 0.717) is 41.6 Å². The van der Waals surface area contributed by atoms with Crippen LogP contribution < -0.4 is 10.6 Å². The van der Waals surface area contributed by atoms with Gasteiger partial charge in [0.1, 0.15) is 5.82 Å². The molecule has 0 radical (unpaired) electrons. The Bertz CT molecular complexity index is 1060. The Morgan fingerprint density at radius 2 is 2.03 bits per heavy atom. The summed E-state index contributed by atoms with van der Waals surface area (Å²) in [6.45, 7) is 5.81. The quantitative estimate of drug-likeness (QED) is 0.278. The third-order valence-corrected chi connectivity index (χ3v) is 5.07. The first-order valence-corrected chi connectivity index (χ1v) is 10.6. The highest BCUT2D eigenvalue weighted by atomic mass is 32.2. The minimum Gasteiger partial charge on any atom is -0.383 e. The number of benzene rings is 1. The summed E-state index contributed by atoms with van der Waals surface area (Å²) in [5.41, 5.74) is 0.687. The molecular formula is C20H24F2N6O2S. The first-order valence-electron chi connectivity index (χ1n) is 9.75. The van der Waals surface area contributed by atoms with E-state index in [1.54, 1.807) is 18.0 Å². The Morgan fingerprint density at radius 3 is 2.74 bits per heavy atom. The van der Waals surface area contributed by atoms with Gasteiger partial charge in [-0.2, -0.15) is 5.10 Å². The monoisotopic (exact) mass is 450 g/mol. The van der Waals surface area contributed by atoms with E-state index in [1.165, 1.54) is 17.8 Å². The molecule has 0 aliphatic rings. The first kappa shape index (κ1) is 22.9. The Hall–Kier alpha value is -2.79. The normalized spacial score (nSPS) is 11.3. The van der Waals surface area contributed by atoms with Gasteiger partial charge in [-0.3, -0.25) is 4.79 Å². The van der Waals surface area contributed by atoms with Gasteiger partial charge in [-0.05, 0) is 18.2 Å². The van der Waals surface area contributed by atoms with E-state index in [1.807, 2.05) is 0 Å². The number of hydrogen-bond acceptors (Lipinski definition) is 7. The summed E-state index contributed by atoms with van der Waals surface area (Å²) in [4.78, 5) is 21.4. The maximum atomic E-state index is 13.3. The molecule has 2 aromatic heterocycles. The second-order valence-electron chi connectivity index (χ2n) is 6.93. The van der Waals surface area contributed by atoms with Crippen molar-refractivity contribution in [1.82, 2.24) is 25.1 Å². The predicted molar refractivity (Wildman–Crippen MR) is 115 cm³/mol. The molecule has 11 heteroatoms. The van der Waals surface area contributed by atoms with Crippen LogP contribution in [0.5, 0.6) is 0 Å². The van der Waals surface area contributed by atoms with Gasteiger partial charge < -0.3 is 15.4 Å². The van der Waals surface area contributed by atoms with Crippen molar-refractivity contribution in [3.63, 3.8) is 0 Å². The van der Waals surface area contributed by atoms with Gasteiger partial charge in [0.05, 0.1) is 24.7 Å². The van der Waals surface area contributed by atoms with Crippen molar-refractivity contribution in [2.24, 2.45) is 0 Å². The lowest BCUT2D eigenvalue weighted by Gasteiger charge is -2.11. The van der Waals surface area contributed by atoms with Crippen molar-refractivity contribution in [3.05, 3.63) is 41.6 Å². The van der Waals surface area contributed by atoms with Crippen molar-refractivity contribution >= 4 is 34.5 Å². The number of amides is 1. The predicted octanol–water partition coefficient (Wildman–Crippen LogP) is 3.09. The molecule has 0 spiro atoms. The van der Waals surface area contributed by atoms with Gasteiger partial charge in [0.2, 0.25) is 0 Å². The number of nitrogens with zero attached hydrogens (tertiary/aromatic N) is 4. The van der Waals surface area contributed by atoms with Crippen LogP contribution in [0.3, 0.4) is 0 Å². The van der Waals surface area contributed by atoms with Crippen LogP contribution in [0.2, 0.25) is 0 Å². The van der Waals surface area contributed by atoms with Crippen LogP contribution >= 0.6 is 11.8 Å². The lowest BCUT2D eigenvalue weighted by Crippen LogP contribution is -2.27. The molecule has 2 heterocycles. The molecule has 0 saturated heterocycles. The molecule has 1 amide bonds. The van der Waals surface area contributed by atoms with E-state index < -0.39 is 17.5 Å². The summed E-state index contributed by atoms with van der Waals surface area (Å²) in [6, 6.07) is 3.03. The largest absolute Gasteiger partial charge is 0.383 e. The zero-order valence-corrected chi connectivity index (χ0v) is 18.3. The van der Waals surface area contributed by atoms with Crippen LogP contribution in [-0.2, 0) is 11.3 Å². The molecule has 0 fully saturated rings. The molecule has 166 valence electrons. The Labute approximate surface area is 182 Å². The number of carbonyl (C=O) groups excluding carboxylic acids is 1. The molecule has 2 N–H and O–H groups in total. The lowest BCUT2D eigenvalue weighted by atomic mass is 10.2. The number of thioether (sulfide) groups is 1. The molecule has 3 rings (SSSR count). The summed E-state index contributed by atoms with van der Waals surface area (Å²) >= 11 is 1.54. The van der Waals surface area contributed by atoms with Crippen LogP contribution in [0.15, 0.2) is 29.6 Å². The van der Waals surface area contributed by atoms with Gasteiger partial charge in [0.25, 0.3) is 5.91 Å². The Balaban J connectivity index is 1.74. The van der Waals surface area contributed by atoms with Crippen molar-refractivity contribution in [3.8, 4) is 0 Å². The highest BCUT2D eigenvalue weighted by Crippen LogP contribution is 2.26. The number of hydrogen-bond donors (Lipinski definition) is 2. The number of halogens is 2. The van der Waals surface area contributed by atoms with Gasteiger partial charge in [-0.25, -0.2) is 23.4 Å². The standard InChI is InChI=1S/C20H24F2N6O2S/c1-12(2)31-20-26-17(23-7-9-30-3)14-11-25-28(18(14)27-20)8-6-24-19(29)13-4-5-15(21)16(22)10-13/h4-5,10-12H,6-9H2,1-3H3,(H,24,29)(H,23,26,27). The number of carbonyl (C=O) groups is 1. The Morgan fingerprint density at radius 1 is 1.23 bits per heavy atom. The summed E-state index contributed by atoms with van der Waals surface area (Å²) in [5.74, 6) is -1.89. The van der Waals surface area contributed by atoms with Crippen molar-refractivity contribution < 1.29 is 18.3 Å². The molecule has 31 heavy (non-hydrogen) atoms. The lowest BCUT2D eigenvalue weighted by molar-refractivity contribution is 0.0951. The van der Waals surface area contributed by atoms with Crippen molar-refractivity contribution in [1.29, 1.82) is 0 Å². The van der Waals surface area contributed by atoms with E-state index >= 15 is 0 Å². The van der Waals surface area contributed by atoms with E-state index in [9.17, 15) is 13.6 Å². The summed E-state index contributed by atoms with van der Waals surface area (Å²) < 4.78 is 33.1. The number of ether oxygens (including phenoxy) is 1. The molecule has 0 bridgehead atoms. The fraction of sp³-hybridized carbons (Fsp3) is 0.400. The zero-order chi connectivity index (χ0) is 22.4. The van der Waals surface area contributed by atoms with Crippen LogP contribution in [0.25, 0.3) is 11.0 Å². The number of aromatic nitrogens is 4. The average Bonchev–Trinajstić information content (AvgIpc) is 3.12. The molecule has 3 aromatic rings. The van der Waals surface area contributed by atoms with E-state index in [0.717, 1.165) is 17.5 Å². The summed E-state index contributed by atoms with van der Waals surface area (Å²) in [5, 5.41) is 12.0. The molecular weight excluding hydrogens is 426 g/mol. The topological polar surface area (TPSA) is 94.0 Å². The minimum atomic E-state index is -1.06. The molecule has 1 aromatic carbocycles. The van der Waals surface area contributed by atoms with Crippen molar-refractivity contribution in [2.45, 2.75) is 30.8 Å². The minimum absolute atomic E-state index is 0.0480. The molecule has 0 unspecified atom stereocenters.